The van der Waals surface area contributed by atoms with Gasteiger partial charge in [-0.25, -0.2) is 0 Å². The SMILES string of the molecule is CC(CC1c2ccccc2CCc2ccccc21)C(=O)O. The first-order chi connectivity index (χ1) is 10.2. The number of hydrogen-bond acceptors (Lipinski definition) is 1. The molecule has 0 fully saturated rings. The molecule has 0 spiro atoms. The van der Waals surface area contributed by atoms with Crippen LogP contribution in [-0.4, -0.2) is 11.1 Å². The normalized spacial score (nSPS) is 15.7. The first kappa shape index (κ1) is 13.9. The quantitative estimate of drug-likeness (QED) is 0.921. The maximum absolute atomic E-state index is 11.3. The third kappa shape index (κ3) is 2.71. The molecule has 1 atom stereocenters. The predicted octanol–water partition coefficient (Wildman–Crippen LogP) is 4.03. The van der Waals surface area contributed by atoms with Gasteiger partial charge >= 0.3 is 5.97 Å². The molecule has 1 unspecified atom stereocenters. The molecule has 0 saturated heterocycles. The first-order valence-electron chi connectivity index (χ1n) is 7.55. The van der Waals surface area contributed by atoms with Crippen molar-refractivity contribution >= 4 is 5.97 Å². The van der Waals surface area contributed by atoms with Gasteiger partial charge in [0.05, 0.1) is 5.92 Å². The van der Waals surface area contributed by atoms with Crippen LogP contribution < -0.4 is 0 Å². The van der Waals surface area contributed by atoms with Crippen molar-refractivity contribution in [3.8, 4) is 0 Å². The van der Waals surface area contributed by atoms with Crippen LogP contribution in [0.15, 0.2) is 48.5 Å². The summed E-state index contributed by atoms with van der Waals surface area (Å²) in [5.74, 6) is -0.866. The molecule has 0 aliphatic heterocycles. The molecule has 21 heavy (non-hydrogen) atoms. The number of carboxylic acid groups (broad SMARTS) is 1. The van der Waals surface area contributed by atoms with Crippen LogP contribution in [0.1, 0.15) is 41.5 Å². The molecule has 2 heteroatoms. The van der Waals surface area contributed by atoms with Gasteiger partial charge in [0.15, 0.2) is 0 Å². The fourth-order valence-corrected chi connectivity index (χ4v) is 3.35. The molecule has 3 rings (SSSR count). The molecule has 0 bridgehead atoms. The van der Waals surface area contributed by atoms with E-state index in [0.717, 1.165) is 12.8 Å². The lowest BCUT2D eigenvalue weighted by Gasteiger charge is -2.22. The average molecular weight is 280 g/mol. The smallest absolute Gasteiger partial charge is 0.306 e. The van der Waals surface area contributed by atoms with Crippen LogP contribution in [0.4, 0.5) is 0 Å². The second-order valence-corrected chi connectivity index (χ2v) is 5.93. The lowest BCUT2D eigenvalue weighted by atomic mass is 9.82. The highest BCUT2D eigenvalue weighted by atomic mass is 16.4. The molecule has 0 amide bonds. The molecule has 0 radical (unpaired) electrons. The minimum atomic E-state index is -0.714. The third-order valence-corrected chi connectivity index (χ3v) is 4.54. The fraction of sp³-hybridized carbons (Fsp3) is 0.316. The number of rotatable bonds is 3. The van der Waals surface area contributed by atoms with Gasteiger partial charge in [-0.15, -0.1) is 0 Å². The molecule has 2 nitrogen and oxygen atoms in total. The predicted molar refractivity (Wildman–Crippen MR) is 83.6 cm³/mol. The van der Waals surface area contributed by atoms with Crippen molar-refractivity contribution in [1.82, 2.24) is 0 Å². The Labute approximate surface area is 125 Å². The maximum atomic E-state index is 11.3. The van der Waals surface area contributed by atoms with Gasteiger partial charge in [-0.3, -0.25) is 4.79 Å². The number of carboxylic acids is 1. The van der Waals surface area contributed by atoms with Gasteiger partial charge in [0.2, 0.25) is 0 Å². The lowest BCUT2D eigenvalue weighted by molar-refractivity contribution is -0.141. The molecular formula is C19H20O2. The standard InChI is InChI=1S/C19H20O2/c1-13(19(20)21)12-18-16-8-4-2-6-14(16)10-11-15-7-3-5-9-17(15)18/h2-9,13,18H,10-12H2,1H3,(H,20,21). The summed E-state index contributed by atoms with van der Waals surface area (Å²) < 4.78 is 0. The molecule has 108 valence electrons. The largest absolute Gasteiger partial charge is 0.481 e. The number of fused-ring (bicyclic) bond motifs is 2. The Morgan fingerprint density at radius 2 is 1.52 bits per heavy atom. The van der Waals surface area contributed by atoms with Gasteiger partial charge in [-0.05, 0) is 41.5 Å². The molecule has 1 aliphatic rings. The van der Waals surface area contributed by atoms with Crippen LogP contribution in [0, 0.1) is 5.92 Å². The maximum Gasteiger partial charge on any atom is 0.306 e. The molecule has 2 aromatic rings. The van der Waals surface area contributed by atoms with Crippen molar-refractivity contribution in [3.05, 3.63) is 70.8 Å². The number of carbonyl (C=O) groups is 1. The van der Waals surface area contributed by atoms with Crippen LogP contribution in [-0.2, 0) is 17.6 Å². The van der Waals surface area contributed by atoms with Crippen LogP contribution in [0.2, 0.25) is 0 Å². The summed E-state index contributed by atoms with van der Waals surface area (Å²) in [7, 11) is 0. The highest BCUT2D eigenvalue weighted by Gasteiger charge is 2.26. The third-order valence-electron chi connectivity index (χ3n) is 4.54. The Kier molecular flexibility index (Phi) is 3.78. The summed E-state index contributed by atoms with van der Waals surface area (Å²) >= 11 is 0. The number of hydrogen-bond donors (Lipinski definition) is 1. The Hall–Kier alpha value is -2.09. The van der Waals surface area contributed by atoms with Crippen molar-refractivity contribution in [2.75, 3.05) is 0 Å². The highest BCUT2D eigenvalue weighted by molar-refractivity contribution is 5.69. The average Bonchev–Trinajstić information content (AvgIpc) is 2.65. The van der Waals surface area contributed by atoms with Gasteiger partial charge in [0.1, 0.15) is 0 Å². The zero-order chi connectivity index (χ0) is 14.8. The lowest BCUT2D eigenvalue weighted by Crippen LogP contribution is -2.15. The van der Waals surface area contributed by atoms with E-state index in [1.165, 1.54) is 22.3 Å². The fourth-order valence-electron chi connectivity index (χ4n) is 3.35. The minimum absolute atomic E-state index is 0.186. The van der Waals surface area contributed by atoms with Crippen molar-refractivity contribution in [3.63, 3.8) is 0 Å². The van der Waals surface area contributed by atoms with Gasteiger partial charge in [0.25, 0.3) is 0 Å². The zero-order valence-corrected chi connectivity index (χ0v) is 12.3. The Morgan fingerprint density at radius 3 is 2.00 bits per heavy atom. The van der Waals surface area contributed by atoms with E-state index in [1.54, 1.807) is 6.92 Å². The Morgan fingerprint density at radius 1 is 1.05 bits per heavy atom. The van der Waals surface area contributed by atoms with E-state index in [1.807, 2.05) is 0 Å². The number of aliphatic carboxylic acids is 1. The summed E-state index contributed by atoms with van der Waals surface area (Å²) in [6.45, 7) is 1.80. The van der Waals surface area contributed by atoms with Crippen molar-refractivity contribution in [1.29, 1.82) is 0 Å². The Balaban J connectivity index is 2.08. The minimum Gasteiger partial charge on any atom is -0.481 e. The van der Waals surface area contributed by atoms with E-state index in [4.69, 9.17) is 0 Å². The van der Waals surface area contributed by atoms with Crippen LogP contribution in [0.25, 0.3) is 0 Å². The summed E-state index contributed by atoms with van der Waals surface area (Å²) in [4.78, 5) is 11.3. The van der Waals surface area contributed by atoms with E-state index in [-0.39, 0.29) is 11.8 Å². The zero-order valence-electron chi connectivity index (χ0n) is 12.3. The van der Waals surface area contributed by atoms with E-state index < -0.39 is 5.97 Å². The topological polar surface area (TPSA) is 37.3 Å². The molecule has 0 saturated carbocycles. The van der Waals surface area contributed by atoms with Crippen molar-refractivity contribution < 1.29 is 9.90 Å². The van der Waals surface area contributed by atoms with Crippen molar-refractivity contribution in [2.45, 2.75) is 32.1 Å². The van der Waals surface area contributed by atoms with Crippen molar-refractivity contribution in [2.24, 2.45) is 5.92 Å². The van der Waals surface area contributed by atoms with Crippen LogP contribution >= 0.6 is 0 Å². The van der Waals surface area contributed by atoms with Crippen LogP contribution in [0.3, 0.4) is 0 Å². The summed E-state index contributed by atoms with van der Waals surface area (Å²) in [6, 6.07) is 17.0. The highest BCUT2D eigenvalue weighted by Crippen LogP contribution is 2.38. The molecule has 1 N–H and O–H groups in total. The molecule has 0 aromatic heterocycles. The number of benzene rings is 2. The van der Waals surface area contributed by atoms with Gasteiger partial charge in [-0.2, -0.15) is 0 Å². The van der Waals surface area contributed by atoms with E-state index >= 15 is 0 Å². The molecule has 1 aliphatic carbocycles. The first-order valence-corrected chi connectivity index (χ1v) is 7.55. The molecule has 2 aromatic carbocycles. The molecule has 0 heterocycles. The summed E-state index contributed by atoms with van der Waals surface area (Å²) in [5, 5.41) is 9.28. The van der Waals surface area contributed by atoms with E-state index in [2.05, 4.69) is 48.5 Å². The summed E-state index contributed by atoms with van der Waals surface area (Å²) in [5.41, 5.74) is 5.32. The van der Waals surface area contributed by atoms with Gasteiger partial charge in [-0.1, -0.05) is 55.5 Å². The van der Waals surface area contributed by atoms with E-state index in [0.29, 0.717) is 6.42 Å². The molecular weight excluding hydrogens is 260 g/mol. The second-order valence-electron chi connectivity index (χ2n) is 5.93. The Bertz CT molecular complexity index is 613. The van der Waals surface area contributed by atoms with Gasteiger partial charge < -0.3 is 5.11 Å². The summed E-state index contributed by atoms with van der Waals surface area (Å²) in [6.07, 6.45) is 2.72. The second kappa shape index (κ2) is 5.72. The number of aryl methyl sites for hydroxylation is 2. The van der Waals surface area contributed by atoms with Crippen LogP contribution in [0.5, 0.6) is 0 Å². The van der Waals surface area contributed by atoms with E-state index in [9.17, 15) is 9.90 Å². The van der Waals surface area contributed by atoms with Gasteiger partial charge in [0, 0.05) is 5.92 Å². The monoisotopic (exact) mass is 280 g/mol.